The van der Waals surface area contributed by atoms with E-state index in [4.69, 9.17) is 9.47 Å². The van der Waals surface area contributed by atoms with Gasteiger partial charge >= 0.3 is 12.0 Å². The lowest BCUT2D eigenvalue weighted by molar-refractivity contribution is -0.150. The van der Waals surface area contributed by atoms with Crippen LogP contribution in [0.2, 0.25) is 0 Å². The first-order chi connectivity index (χ1) is 14.4. The second-order valence-corrected chi connectivity index (χ2v) is 7.12. The number of hydrogen-bond donors (Lipinski definition) is 0. The van der Waals surface area contributed by atoms with E-state index in [0.717, 1.165) is 22.0 Å². The number of imide groups is 1. The van der Waals surface area contributed by atoms with Gasteiger partial charge in [0.25, 0.3) is 5.91 Å². The van der Waals surface area contributed by atoms with Crippen LogP contribution in [0.1, 0.15) is 13.8 Å². The molecular weight excluding hydrogens is 390 g/mol. The molecule has 0 aromatic heterocycles. The van der Waals surface area contributed by atoms with Gasteiger partial charge in [0.1, 0.15) is 12.3 Å². The lowest BCUT2D eigenvalue weighted by atomic mass is 10.1. The number of rotatable bonds is 5. The minimum atomic E-state index is -0.740. The Morgan fingerprint density at radius 3 is 2.53 bits per heavy atom. The first-order valence-electron chi connectivity index (χ1n) is 9.60. The van der Waals surface area contributed by atoms with Crippen LogP contribution in [0.3, 0.4) is 0 Å². The lowest BCUT2D eigenvalue weighted by Crippen LogP contribution is -2.65. The van der Waals surface area contributed by atoms with Crippen LogP contribution in [0.5, 0.6) is 5.75 Å². The number of urea groups is 1. The first kappa shape index (κ1) is 19.7. The fourth-order valence-corrected chi connectivity index (χ4v) is 3.89. The number of aliphatic imine (C=N–C) groups is 1. The van der Waals surface area contributed by atoms with Gasteiger partial charge in [0.15, 0.2) is 12.2 Å². The molecule has 1 fully saturated rings. The maximum Gasteiger partial charge on any atom is 0.328 e. The van der Waals surface area contributed by atoms with E-state index in [9.17, 15) is 14.4 Å². The van der Waals surface area contributed by atoms with Crippen LogP contribution in [0, 0.1) is 0 Å². The second-order valence-electron chi connectivity index (χ2n) is 7.12. The molecule has 3 aliphatic rings. The number of carbonyl (C=O) groups excluding carboxylic acids is 3. The SMILES string of the molecule is CCOC(=O)CN1C(=O)C2C(N=C3N(c4ccc(OC)cc4)C(C)=CN32)N(C)C1=O. The number of esters is 1. The monoisotopic (exact) mass is 413 g/mol. The lowest BCUT2D eigenvalue weighted by Gasteiger charge is -2.39. The number of ether oxygens (including phenoxy) is 2. The summed E-state index contributed by atoms with van der Waals surface area (Å²) in [7, 11) is 3.18. The van der Waals surface area contributed by atoms with Crippen molar-refractivity contribution >= 4 is 29.6 Å². The summed E-state index contributed by atoms with van der Waals surface area (Å²) in [6.45, 7) is 3.34. The highest BCUT2D eigenvalue weighted by Crippen LogP contribution is 2.36. The molecule has 0 spiro atoms. The van der Waals surface area contributed by atoms with E-state index in [-0.39, 0.29) is 6.61 Å². The van der Waals surface area contributed by atoms with Crippen molar-refractivity contribution in [2.24, 2.45) is 4.99 Å². The average molecular weight is 413 g/mol. The Kier molecular flexibility index (Phi) is 4.84. The summed E-state index contributed by atoms with van der Waals surface area (Å²) >= 11 is 0. The number of guanidine groups is 1. The van der Waals surface area contributed by atoms with Crippen molar-refractivity contribution in [2.45, 2.75) is 26.1 Å². The number of allylic oxidation sites excluding steroid dienone is 1. The Morgan fingerprint density at radius 2 is 1.90 bits per heavy atom. The molecule has 158 valence electrons. The Morgan fingerprint density at radius 1 is 1.20 bits per heavy atom. The number of carbonyl (C=O) groups is 3. The Hall–Kier alpha value is -3.56. The van der Waals surface area contributed by atoms with E-state index in [2.05, 4.69) is 4.99 Å². The average Bonchev–Trinajstić information content (AvgIpc) is 3.24. The van der Waals surface area contributed by atoms with Gasteiger partial charge < -0.3 is 19.3 Å². The van der Waals surface area contributed by atoms with E-state index >= 15 is 0 Å². The van der Waals surface area contributed by atoms with Crippen molar-refractivity contribution in [3.05, 3.63) is 36.2 Å². The summed E-state index contributed by atoms with van der Waals surface area (Å²) in [6, 6.07) is 6.17. The molecule has 10 heteroatoms. The third-order valence-corrected chi connectivity index (χ3v) is 5.31. The van der Waals surface area contributed by atoms with E-state index in [1.165, 1.54) is 4.90 Å². The smallest absolute Gasteiger partial charge is 0.328 e. The molecule has 1 aromatic rings. The number of fused-ring (bicyclic) bond motifs is 3. The molecular formula is C20H23N5O5. The quantitative estimate of drug-likeness (QED) is 0.670. The summed E-state index contributed by atoms with van der Waals surface area (Å²) in [5.41, 5.74) is 1.73. The maximum absolute atomic E-state index is 13.2. The number of likely N-dealkylation sites (N-methyl/N-ethyl adjacent to an activating group) is 1. The molecule has 3 heterocycles. The van der Waals surface area contributed by atoms with Crippen molar-refractivity contribution in [2.75, 3.05) is 32.2 Å². The molecule has 0 N–H and O–H groups in total. The molecule has 0 radical (unpaired) electrons. The highest BCUT2D eigenvalue weighted by Gasteiger charge is 2.54. The Balaban J connectivity index is 1.64. The fourth-order valence-electron chi connectivity index (χ4n) is 3.89. The summed E-state index contributed by atoms with van der Waals surface area (Å²) in [4.78, 5) is 48.5. The van der Waals surface area contributed by atoms with Gasteiger partial charge in [-0.15, -0.1) is 0 Å². The molecule has 10 nitrogen and oxygen atoms in total. The predicted molar refractivity (Wildman–Crippen MR) is 108 cm³/mol. The molecule has 1 aromatic carbocycles. The van der Waals surface area contributed by atoms with Crippen LogP contribution >= 0.6 is 0 Å². The van der Waals surface area contributed by atoms with Crippen LogP contribution in [-0.4, -0.2) is 78.1 Å². The van der Waals surface area contributed by atoms with Gasteiger partial charge in [-0.25, -0.2) is 9.79 Å². The van der Waals surface area contributed by atoms with Gasteiger partial charge in [-0.3, -0.25) is 19.4 Å². The molecule has 2 unspecified atom stereocenters. The minimum Gasteiger partial charge on any atom is -0.497 e. The number of methoxy groups -OCH3 is 1. The summed E-state index contributed by atoms with van der Waals surface area (Å²) < 4.78 is 10.1. The Labute approximate surface area is 173 Å². The molecule has 1 saturated heterocycles. The van der Waals surface area contributed by atoms with Gasteiger partial charge in [-0.05, 0) is 38.1 Å². The minimum absolute atomic E-state index is 0.176. The molecule has 4 rings (SSSR count). The van der Waals surface area contributed by atoms with E-state index in [1.54, 1.807) is 26.0 Å². The molecule has 2 atom stereocenters. The van der Waals surface area contributed by atoms with Crippen LogP contribution < -0.4 is 9.64 Å². The number of amides is 3. The second kappa shape index (κ2) is 7.36. The van der Waals surface area contributed by atoms with Crippen LogP contribution in [0.4, 0.5) is 10.5 Å². The zero-order valence-electron chi connectivity index (χ0n) is 17.2. The Bertz CT molecular complexity index is 957. The third-order valence-electron chi connectivity index (χ3n) is 5.31. The predicted octanol–water partition coefficient (Wildman–Crippen LogP) is 1.20. The van der Waals surface area contributed by atoms with Crippen LogP contribution in [0.25, 0.3) is 0 Å². The molecule has 0 aliphatic carbocycles. The van der Waals surface area contributed by atoms with E-state index in [1.807, 2.05) is 42.3 Å². The van der Waals surface area contributed by atoms with Gasteiger partial charge in [0.2, 0.25) is 5.96 Å². The number of nitrogens with zero attached hydrogens (tertiary/aromatic N) is 5. The van der Waals surface area contributed by atoms with Crippen molar-refractivity contribution in [3.63, 3.8) is 0 Å². The molecule has 30 heavy (non-hydrogen) atoms. The first-order valence-corrected chi connectivity index (χ1v) is 9.60. The topological polar surface area (TPSA) is 95.0 Å². The third kappa shape index (κ3) is 2.95. The number of anilines is 1. The summed E-state index contributed by atoms with van der Waals surface area (Å²) in [5.74, 6) is 0.181. The van der Waals surface area contributed by atoms with Crippen molar-refractivity contribution in [1.29, 1.82) is 0 Å². The van der Waals surface area contributed by atoms with E-state index in [0.29, 0.717) is 5.96 Å². The highest BCUT2D eigenvalue weighted by molar-refractivity contribution is 6.10. The van der Waals surface area contributed by atoms with Crippen LogP contribution in [0.15, 0.2) is 41.2 Å². The number of benzene rings is 1. The standard InChI is InChI=1S/C20H23N5O5/c1-5-30-15(26)11-24-18(27)16-17(22(3)20(24)28)21-19-23(16)10-12(2)25(19)13-6-8-14(29-4)9-7-13/h6-10,16-17H,5,11H2,1-4H3. The normalized spacial score (nSPS) is 22.7. The van der Waals surface area contributed by atoms with Gasteiger partial charge in [-0.1, -0.05) is 0 Å². The maximum atomic E-state index is 13.2. The van der Waals surface area contributed by atoms with Gasteiger partial charge in [-0.2, -0.15) is 0 Å². The molecule has 0 bridgehead atoms. The van der Waals surface area contributed by atoms with Gasteiger partial charge in [0.05, 0.1) is 13.7 Å². The van der Waals surface area contributed by atoms with Crippen molar-refractivity contribution < 1.29 is 23.9 Å². The van der Waals surface area contributed by atoms with E-state index < -0.39 is 36.7 Å². The molecule has 3 amide bonds. The highest BCUT2D eigenvalue weighted by atomic mass is 16.5. The van der Waals surface area contributed by atoms with Gasteiger partial charge in [0, 0.05) is 24.6 Å². The summed E-state index contributed by atoms with van der Waals surface area (Å²) in [5, 5.41) is 0. The molecule has 0 saturated carbocycles. The van der Waals surface area contributed by atoms with Crippen LogP contribution in [-0.2, 0) is 14.3 Å². The zero-order chi connectivity index (χ0) is 21.6. The zero-order valence-corrected chi connectivity index (χ0v) is 17.2. The van der Waals surface area contributed by atoms with Crippen molar-refractivity contribution in [1.82, 2.24) is 14.7 Å². The summed E-state index contributed by atoms with van der Waals surface area (Å²) in [6.07, 6.45) is 1.15. The van der Waals surface area contributed by atoms with Crippen molar-refractivity contribution in [3.8, 4) is 5.75 Å². The number of hydrogen-bond acceptors (Lipinski definition) is 8. The largest absolute Gasteiger partial charge is 0.497 e. The fraction of sp³-hybridized carbons (Fsp3) is 0.400. The molecule has 3 aliphatic heterocycles.